The van der Waals surface area contributed by atoms with Gasteiger partial charge in [-0.15, -0.1) is 12.4 Å². The van der Waals surface area contributed by atoms with E-state index in [1.54, 1.807) is 4.90 Å². The average molecular weight is 428 g/mol. The predicted octanol–water partition coefficient (Wildman–Crippen LogP) is 3.22. The summed E-state index contributed by atoms with van der Waals surface area (Å²) in [6, 6.07) is 20.1. The molecule has 4 rings (SSSR count). The molecule has 2 amide bonds. The molecule has 0 bridgehead atoms. The van der Waals surface area contributed by atoms with Crippen LogP contribution < -0.4 is 5.73 Å². The van der Waals surface area contributed by atoms with Crippen molar-refractivity contribution in [2.24, 2.45) is 17.6 Å². The summed E-state index contributed by atoms with van der Waals surface area (Å²) in [5.74, 6) is 0.567. The van der Waals surface area contributed by atoms with Gasteiger partial charge >= 0.3 is 0 Å². The topological polar surface area (TPSA) is 66.6 Å². The highest BCUT2D eigenvalue weighted by Gasteiger charge is 2.43. The normalized spacial score (nSPS) is 26.4. The molecule has 0 radical (unpaired) electrons. The number of nitrogens with zero attached hydrogens (tertiary/aromatic N) is 2. The Labute approximate surface area is 184 Å². The maximum atomic E-state index is 13.6. The van der Waals surface area contributed by atoms with E-state index in [1.165, 1.54) is 5.56 Å². The van der Waals surface area contributed by atoms with Gasteiger partial charge < -0.3 is 15.5 Å². The summed E-state index contributed by atoms with van der Waals surface area (Å²) >= 11 is 0. The number of hydrogen-bond acceptors (Lipinski definition) is 3. The Morgan fingerprint density at radius 3 is 2.20 bits per heavy atom. The van der Waals surface area contributed by atoms with Crippen molar-refractivity contribution in [2.75, 3.05) is 26.7 Å². The van der Waals surface area contributed by atoms with Crippen molar-refractivity contribution in [2.45, 2.75) is 24.8 Å². The van der Waals surface area contributed by atoms with Crippen LogP contribution in [0, 0.1) is 11.8 Å². The number of piperidine rings is 1. The van der Waals surface area contributed by atoms with Gasteiger partial charge in [0.05, 0.1) is 12.0 Å². The fraction of sp³-hybridized carbons (Fsp3) is 0.417. The highest BCUT2D eigenvalue weighted by atomic mass is 35.5. The largest absolute Gasteiger partial charge is 0.341 e. The van der Waals surface area contributed by atoms with Gasteiger partial charge in [0, 0.05) is 32.5 Å². The first-order valence-corrected chi connectivity index (χ1v) is 10.4. The fourth-order valence-electron chi connectivity index (χ4n) is 5.01. The van der Waals surface area contributed by atoms with Crippen LogP contribution >= 0.6 is 12.4 Å². The maximum absolute atomic E-state index is 13.6. The number of halogens is 1. The summed E-state index contributed by atoms with van der Waals surface area (Å²) in [6.45, 7) is 1.94. The SMILES string of the molecule is CN1C(=O)CCC(C(=O)N2C[C@@H](CN)[C@H](c3ccccc3)C2)C1c1ccccc1.Cl. The van der Waals surface area contributed by atoms with Crippen molar-refractivity contribution >= 4 is 24.2 Å². The number of amides is 2. The zero-order valence-electron chi connectivity index (χ0n) is 17.3. The standard InChI is InChI=1S/C24H29N3O2.ClH/c1-26-22(28)13-12-20(23(26)18-10-6-3-7-11-18)24(29)27-15-19(14-25)21(16-27)17-8-4-2-5-9-17;/h2-11,19-21,23H,12-16,25H2,1H3;1H/t19-,20?,21+,23?;/m1./s1. The van der Waals surface area contributed by atoms with Gasteiger partial charge in [0.2, 0.25) is 11.8 Å². The predicted molar refractivity (Wildman–Crippen MR) is 120 cm³/mol. The van der Waals surface area contributed by atoms with E-state index < -0.39 is 0 Å². The van der Waals surface area contributed by atoms with Gasteiger partial charge in [-0.1, -0.05) is 60.7 Å². The molecule has 0 spiro atoms. The van der Waals surface area contributed by atoms with E-state index in [2.05, 4.69) is 12.1 Å². The van der Waals surface area contributed by atoms with E-state index in [4.69, 9.17) is 5.73 Å². The molecule has 160 valence electrons. The van der Waals surface area contributed by atoms with E-state index in [9.17, 15) is 9.59 Å². The van der Waals surface area contributed by atoms with Crippen LogP contribution in [0.15, 0.2) is 60.7 Å². The van der Waals surface area contributed by atoms with Crippen LogP contribution in [-0.2, 0) is 9.59 Å². The van der Waals surface area contributed by atoms with Crippen molar-refractivity contribution in [1.82, 2.24) is 9.80 Å². The Kier molecular flexibility index (Phi) is 7.16. The third-order valence-corrected chi connectivity index (χ3v) is 6.60. The molecular formula is C24H30ClN3O2. The Bertz CT molecular complexity index is 861. The Morgan fingerprint density at radius 2 is 1.60 bits per heavy atom. The minimum atomic E-state index is -0.215. The van der Waals surface area contributed by atoms with Crippen LogP contribution in [0.25, 0.3) is 0 Å². The fourth-order valence-corrected chi connectivity index (χ4v) is 5.01. The Balaban J connectivity index is 0.00000256. The molecule has 5 nitrogen and oxygen atoms in total. The third kappa shape index (κ3) is 4.23. The number of rotatable bonds is 4. The molecule has 0 aromatic heterocycles. The van der Waals surface area contributed by atoms with E-state index in [1.807, 2.05) is 60.5 Å². The summed E-state index contributed by atoms with van der Waals surface area (Å²) in [5.41, 5.74) is 8.34. The van der Waals surface area contributed by atoms with Gasteiger partial charge in [-0.25, -0.2) is 0 Å². The van der Waals surface area contributed by atoms with Crippen molar-refractivity contribution in [3.63, 3.8) is 0 Å². The van der Waals surface area contributed by atoms with Gasteiger partial charge in [0.1, 0.15) is 0 Å². The lowest BCUT2D eigenvalue weighted by Crippen LogP contribution is -2.47. The molecule has 2 aromatic carbocycles. The quantitative estimate of drug-likeness (QED) is 0.814. The van der Waals surface area contributed by atoms with E-state index in [-0.39, 0.29) is 48.0 Å². The molecule has 30 heavy (non-hydrogen) atoms. The molecule has 0 saturated carbocycles. The second-order valence-corrected chi connectivity index (χ2v) is 8.26. The van der Waals surface area contributed by atoms with Gasteiger partial charge in [-0.05, 0) is 30.0 Å². The summed E-state index contributed by atoms with van der Waals surface area (Å²) in [7, 11) is 1.82. The lowest BCUT2D eigenvalue weighted by Gasteiger charge is -2.40. The minimum Gasteiger partial charge on any atom is -0.341 e. The van der Waals surface area contributed by atoms with Crippen LogP contribution in [0.2, 0.25) is 0 Å². The molecule has 2 unspecified atom stereocenters. The van der Waals surface area contributed by atoms with Gasteiger partial charge in [0.25, 0.3) is 0 Å². The zero-order chi connectivity index (χ0) is 20.4. The van der Waals surface area contributed by atoms with Gasteiger partial charge in [0.15, 0.2) is 0 Å². The lowest BCUT2D eigenvalue weighted by molar-refractivity contribution is -0.146. The molecule has 2 aromatic rings. The van der Waals surface area contributed by atoms with Crippen molar-refractivity contribution in [3.8, 4) is 0 Å². The highest BCUT2D eigenvalue weighted by Crippen LogP contribution is 2.39. The molecule has 4 atom stereocenters. The zero-order valence-corrected chi connectivity index (χ0v) is 18.1. The summed E-state index contributed by atoms with van der Waals surface area (Å²) < 4.78 is 0. The van der Waals surface area contributed by atoms with Crippen molar-refractivity contribution in [3.05, 3.63) is 71.8 Å². The maximum Gasteiger partial charge on any atom is 0.228 e. The molecule has 2 aliphatic rings. The first-order valence-electron chi connectivity index (χ1n) is 10.4. The Morgan fingerprint density at radius 1 is 1.00 bits per heavy atom. The molecule has 2 heterocycles. The molecule has 2 saturated heterocycles. The van der Waals surface area contributed by atoms with Crippen LogP contribution in [0.4, 0.5) is 0 Å². The van der Waals surface area contributed by atoms with Crippen molar-refractivity contribution < 1.29 is 9.59 Å². The van der Waals surface area contributed by atoms with E-state index in [0.717, 1.165) is 5.56 Å². The minimum absolute atomic E-state index is 0. The third-order valence-electron chi connectivity index (χ3n) is 6.60. The summed E-state index contributed by atoms with van der Waals surface area (Å²) in [4.78, 5) is 29.8. The van der Waals surface area contributed by atoms with Crippen LogP contribution in [0.1, 0.15) is 35.9 Å². The summed E-state index contributed by atoms with van der Waals surface area (Å²) in [5, 5.41) is 0. The smallest absolute Gasteiger partial charge is 0.228 e. The lowest BCUT2D eigenvalue weighted by atomic mass is 9.83. The van der Waals surface area contributed by atoms with E-state index >= 15 is 0 Å². The molecule has 6 heteroatoms. The Hall–Kier alpha value is -2.37. The van der Waals surface area contributed by atoms with Crippen molar-refractivity contribution in [1.29, 1.82) is 0 Å². The molecule has 0 aliphatic carbocycles. The van der Waals surface area contributed by atoms with Gasteiger partial charge in [-0.2, -0.15) is 0 Å². The second-order valence-electron chi connectivity index (χ2n) is 8.26. The van der Waals surface area contributed by atoms with Gasteiger partial charge in [-0.3, -0.25) is 9.59 Å². The number of carbonyl (C=O) groups is 2. The highest BCUT2D eigenvalue weighted by molar-refractivity contribution is 5.85. The summed E-state index contributed by atoms with van der Waals surface area (Å²) in [6.07, 6.45) is 1.02. The second kappa shape index (κ2) is 9.63. The van der Waals surface area contributed by atoms with Crippen LogP contribution in [0.5, 0.6) is 0 Å². The first-order chi connectivity index (χ1) is 14.1. The molecular weight excluding hydrogens is 398 g/mol. The first kappa shape index (κ1) is 22.3. The number of carbonyl (C=O) groups excluding carboxylic acids is 2. The number of nitrogens with two attached hydrogens (primary N) is 1. The number of hydrogen-bond donors (Lipinski definition) is 1. The molecule has 2 aliphatic heterocycles. The number of likely N-dealkylation sites (tertiary alicyclic amines) is 2. The average Bonchev–Trinajstić information content (AvgIpc) is 3.21. The molecule has 2 fully saturated rings. The van der Waals surface area contributed by atoms with Crippen LogP contribution in [-0.4, -0.2) is 48.3 Å². The van der Waals surface area contributed by atoms with E-state index in [0.29, 0.717) is 32.5 Å². The molecule has 2 N–H and O–H groups in total. The number of benzene rings is 2. The monoisotopic (exact) mass is 427 g/mol. The van der Waals surface area contributed by atoms with Crippen LogP contribution in [0.3, 0.4) is 0 Å².